The van der Waals surface area contributed by atoms with Gasteiger partial charge in [-0.3, -0.25) is 4.79 Å². The van der Waals surface area contributed by atoms with Crippen molar-refractivity contribution in [1.82, 2.24) is 0 Å². The highest BCUT2D eigenvalue weighted by Gasteiger charge is 2.11. The Morgan fingerprint density at radius 2 is 1.95 bits per heavy atom. The fraction of sp³-hybridized carbons (Fsp3) is 0.0588. The van der Waals surface area contributed by atoms with Crippen LogP contribution < -0.4 is 5.32 Å². The predicted octanol–water partition coefficient (Wildman–Crippen LogP) is 4.00. The van der Waals surface area contributed by atoms with Crippen molar-refractivity contribution in [1.29, 1.82) is 0 Å². The summed E-state index contributed by atoms with van der Waals surface area (Å²) in [5.74, 6) is -1.55. The lowest BCUT2D eigenvalue weighted by molar-refractivity contribution is -0.111. The highest BCUT2D eigenvalue weighted by molar-refractivity contribution is 6.31. The summed E-state index contributed by atoms with van der Waals surface area (Å²) >= 11 is 5.83. The van der Waals surface area contributed by atoms with Crippen LogP contribution >= 0.6 is 11.6 Å². The summed E-state index contributed by atoms with van der Waals surface area (Å²) in [5, 5.41) is 12.0. The molecule has 22 heavy (non-hydrogen) atoms. The van der Waals surface area contributed by atoms with Crippen LogP contribution in [0.2, 0.25) is 5.02 Å². The van der Waals surface area contributed by atoms with E-state index in [0.29, 0.717) is 5.02 Å². The zero-order chi connectivity index (χ0) is 16.1. The molecule has 5 heteroatoms. The number of halogens is 1. The van der Waals surface area contributed by atoms with Gasteiger partial charge in [0.1, 0.15) is 0 Å². The van der Waals surface area contributed by atoms with Crippen LogP contribution in [0.1, 0.15) is 21.5 Å². The number of carboxylic acids is 1. The molecular weight excluding hydrogens is 302 g/mol. The van der Waals surface area contributed by atoms with Gasteiger partial charge in [0.15, 0.2) is 0 Å². The molecule has 0 unspecified atom stereocenters. The third-order valence-corrected chi connectivity index (χ3v) is 3.17. The standard InChI is InChI=1S/C17H14ClNO3/c1-11-3-2-4-12(9-11)5-8-16(20)19-15-10-13(18)6-7-14(15)17(21)22/h2-10H,1H3,(H,19,20)(H,21,22)/b8-5+. The Labute approximate surface area is 133 Å². The molecule has 112 valence electrons. The number of nitrogens with one attached hydrogen (secondary N) is 1. The number of carbonyl (C=O) groups excluding carboxylic acids is 1. The number of hydrogen-bond acceptors (Lipinski definition) is 2. The zero-order valence-corrected chi connectivity index (χ0v) is 12.6. The normalized spacial score (nSPS) is 10.6. The molecule has 4 nitrogen and oxygen atoms in total. The van der Waals surface area contributed by atoms with E-state index in [1.54, 1.807) is 6.08 Å². The lowest BCUT2D eigenvalue weighted by Crippen LogP contribution is -2.12. The molecule has 2 N–H and O–H groups in total. The maximum atomic E-state index is 11.9. The van der Waals surface area contributed by atoms with Gasteiger partial charge in [-0.1, -0.05) is 41.4 Å². The molecule has 0 aliphatic carbocycles. The van der Waals surface area contributed by atoms with Crippen molar-refractivity contribution in [2.24, 2.45) is 0 Å². The average Bonchev–Trinajstić information content (AvgIpc) is 2.45. The van der Waals surface area contributed by atoms with E-state index in [9.17, 15) is 9.59 Å². The molecule has 0 spiro atoms. The van der Waals surface area contributed by atoms with Crippen molar-refractivity contribution in [3.63, 3.8) is 0 Å². The first-order valence-corrected chi connectivity index (χ1v) is 6.92. The van der Waals surface area contributed by atoms with Gasteiger partial charge in [0.25, 0.3) is 0 Å². The summed E-state index contributed by atoms with van der Waals surface area (Å²) in [7, 11) is 0. The lowest BCUT2D eigenvalue weighted by Gasteiger charge is -2.07. The Kier molecular flexibility index (Phi) is 4.96. The Balaban J connectivity index is 2.15. The Bertz CT molecular complexity index is 753. The zero-order valence-electron chi connectivity index (χ0n) is 11.8. The molecule has 0 aliphatic rings. The fourth-order valence-electron chi connectivity index (χ4n) is 1.93. The highest BCUT2D eigenvalue weighted by Crippen LogP contribution is 2.21. The van der Waals surface area contributed by atoms with Gasteiger partial charge in [-0.25, -0.2) is 4.79 Å². The summed E-state index contributed by atoms with van der Waals surface area (Å²) in [6, 6.07) is 11.9. The fourth-order valence-corrected chi connectivity index (χ4v) is 2.10. The van der Waals surface area contributed by atoms with Gasteiger partial charge in [-0.2, -0.15) is 0 Å². The second-order valence-corrected chi connectivity index (χ2v) is 5.17. The lowest BCUT2D eigenvalue weighted by atomic mass is 10.1. The van der Waals surface area contributed by atoms with Gasteiger partial charge in [0.05, 0.1) is 11.3 Å². The van der Waals surface area contributed by atoms with Gasteiger partial charge in [0, 0.05) is 11.1 Å². The number of benzene rings is 2. The largest absolute Gasteiger partial charge is 0.478 e. The van der Waals surface area contributed by atoms with Crippen LogP contribution in [0.3, 0.4) is 0 Å². The van der Waals surface area contributed by atoms with Crippen molar-refractivity contribution in [2.75, 3.05) is 5.32 Å². The van der Waals surface area contributed by atoms with Crippen LogP contribution in [0.5, 0.6) is 0 Å². The van der Waals surface area contributed by atoms with E-state index >= 15 is 0 Å². The summed E-state index contributed by atoms with van der Waals surface area (Å²) in [6.45, 7) is 1.96. The van der Waals surface area contributed by atoms with E-state index in [1.807, 2.05) is 31.2 Å². The van der Waals surface area contributed by atoms with E-state index < -0.39 is 11.9 Å². The van der Waals surface area contributed by atoms with E-state index in [0.717, 1.165) is 11.1 Å². The minimum absolute atomic E-state index is 0.0123. The number of hydrogen-bond donors (Lipinski definition) is 2. The van der Waals surface area contributed by atoms with E-state index in [1.165, 1.54) is 24.3 Å². The molecule has 0 saturated carbocycles. The molecule has 0 atom stereocenters. The summed E-state index contributed by atoms with van der Waals surface area (Å²) in [5.41, 5.74) is 2.13. The first kappa shape index (κ1) is 15.8. The number of carboxylic acid groups (broad SMARTS) is 1. The molecule has 0 fully saturated rings. The van der Waals surface area contributed by atoms with E-state index in [4.69, 9.17) is 16.7 Å². The number of aromatic carboxylic acids is 1. The molecule has 0 heterocycles. The minimum Gasteiger partial charge on any atom is -0.478 e. The minimum atomic E-state index is -1.13. The Morgan fingerprint density at radius 3 is 2.64 bits per heavy atom. The topological polar surface area (TPSA) is 66.4 Å². The molecule has 2 aromatic rings. The molecule has 2 rings (SSSR count). The first-order chi connectivity index (χ1) is 10.5. The predicted molar refractivity (Wildman–Crippen MR) is 87.3 cm³/mol. The third kappa shape index (κ3) is 4.20. The van der Waals surface area contributed by atoms with Crippen molar-refractivity contribution in [2.45, 2.75) is 6.92 Å². The molecule has 0 saturated heterocycles. The smallest absolute Gasteiger partial charge is 0.337 e. The van der Waals surface area contributed by atoms with Gasteiger partial charge < -0.3 is 10.4 Å². The molecule has 0 radical (unpaired) electrons. The van der Waals surface area contributed by atoms with Crippen LogP contribution in [-0.2, 0) is 4.79 Å². The second kappa shape index (κ2) is 6.91. The van der Waals surface area contributed by atoms with Crippen LogP contribution in [0.4, 0.5) is 5.69 Å². The molecule has 0 aliphatic heterocycles. The Morgan fingerprint density at radius 1 is 1.18 bits per heavy atom. The first-order valence-electron chi connectivity index (χ1n) is 6.54. The maximum absolute atomic E-state index is 11.9. The number of aryl methyl sites for hydroxylation is 1. The van der Waals surface area contributed by atoms with E-state index in [-0.39, 0.29) is 11.3 Å². The highest BCUT2D eigenvalue weighted by atomic mass is 35.5. The van der Waals surface area contributed by atoms with Gasteiger partial charge >= 0.3 is 5.97 Å². The Hall–Kier alpha value is -2.59. The second-order valence-electron chi connectivity index (χ2n) is 4.73. The number of rotatable bonds is 4. The SMILES string of the molecule is Cc1cccc(/C=C/C(=O)Nc2cc(Cl)ccc2C(=O)O)c1. The summed E-state index contributed by atoms with van der Waals surface area (Å²) in [6.07, 6.45) is 3.01. The maximum Gasteiger partial charge on any atom is 0.337 e. The molecule has 2 aromatic carbocycles. The van der Waals surface area contributed by atoms with Gasteiger partial charge in [-0.15, -0.1) is 0 Å². The van der Waals surface area contributed by atoms with Crippen molar-refractivity contribution < 1.29 is 14.7 Å². The van der Waals surface area contributed by atoms with Gasteiger partial charge in [0.2, 0.25) is 5.91 Å². The molecule has 0 bridgehead atoms. The third-order valence-electron chi connectivity index (χ3n) is 2.94. The van der Waals surface area contributed by atoms with E-state index in [2.05, 4.69) is 5.32 Å². The number of anilines is 1. The average molecular weight is 316 g/mol. The molecular formula is C17H14ClNO3. The van der Waals surface area contributed by atoms with Crippen LogP contribution in [0, 0.1) is 6.92 Å². The summed E-state index contributed by atoms with van der Waals surface area (Å²) in [4.78, 5) is 23.0. The van der Waals surface area contributed by atoms with Gasteiger partial charge in [-0.05, 0) is 36.8 Å². The van der Waals surface area contributed by atoms with Crippen molar-refractivity contribution in [3.05, 3.63) is 70.3 Å². The van der Waals surface area contributed by atoms with Crippen LogP contribution in [0.25, 0.3) is 6.08 Å². The van der Waals surface area contributed by atoms with Crippen LogP contribution in [-0.4, -0.2) is 17.0 Å². The number of carbonyl (C=O) groups is 2. The van der Waals surface area contributed by atoms with Crippen molar-refractivity contribution in [3.8, 4) is 0 Å². The quantitative estimate of drug-likeness (QED) is 0.838. The van der Waals surface area contributed by atoms with Crippen LogP contribution in [0.15, 0.2) is 48.5 Å². The summed E-state index contributed by atoms with van der Waals surface area (Å²) < 4.78 is 0. The van der Waals surface area contributed by atoms with Crippen molar-refractivity contribution >= 4 is 35.2 Å². The monoisotopic (exact) mass is 315 g/mol. The molecule has 1 amide bonds. The number of amides is 1. The molecule has 0 aromatic heterocycles.